The molecule has 0 saturated carbocycles. The Morgan fingerprint density at radius 3 is 1.80 bits per heavy atom. The number of hydrogen-bond donors (Lipinski definition) is 0. The van der Waals surface area contributed by atoms with E-state index < -0.39 is 11.9 Å². The van der Waals surface area contributed by atoms with Crippen LogP contribution in [0.25, 0.3) is 0 Å². The first-order chi connectivity index (χ1) is 12.0. The zero-order chi connectivity index (χ0) is 19.1. The number of ether oxygens (including phenoxy) is 2. The number of unbranched alkanes of at least 4 members (excludes halogenated alkanes) is 2. The maximum absolute atomic E-state index is 11.9. The largest absolute Gasteiger partial charge is 0.462 e. The third kappa shape index (κ3) is 12.0. The predicted molar refractivity (Wildman–Crippen MR) is 102 cm³/mol. The van der Waals surface area contributed by atoms with Crippen LogP contribution in [0.4, 0.5) is 0 Å². The molecule has 2 atom stereocenters. The minimum absolute atomic E-state index is 0.225. The predicted octanol–water partition coefficient (Wildman–Crippen LogP) is 5.63. The first-order valence-corrected chi connectivity index (χ1v) is 10.1. The van der Waals surface area contributed by atoms with Gasteiger partial charge in [0.1, 0.15) is 5.03 Å². The van der Waals surface area contributed by atoms with Crippen molar-refractivity contribution < 1.29 is 19.1 Å². The summed E-state index contributed by atoms with van der Waals surface area (Å²) in [6.45, 7) is 9.12. The molecule has 0 fully saturated rings. The second kappa shape index (κ2) is 15.2. The van der Waals surface area contributed by atoms with E-state index in [0.29, 0.717) is 25.0 Å². The summed E-state index contributed by atoms with van der Waals surface area (Å²) in [4.78, 5) is 23.7. The van der Waals surface area contributed by atoms with Crippen LogP contribution in [0.2, 0.25) is 0 Å². The van der Waals surface area contributed by atoms with Gasteiger partial charge in [0.15, 0.2) is 0 Å². The van der Waals surface area contributed by atoms with Gasteiger partial charge in [-0.2, -0.15) is 0 Å². The lowest BCUT2D eigenvalue weighted by molar-refractivity contribution is -0.142. The summed E-state index contributed by atoms with van der Waals surface area (Å²) in [6.07, 6.45) is 9.47. The van der Waals surface area contributed by atoms with Crippen LogP contribution >= 0.6 is 11.6 Å². The molecule has 0 N–H and O–H groups in total. The van der Waals surface area contributed by atoms with Crippen LogP contribution in [-0.2, 0) is 19.1 Å². The van der Waals surface area contributed by atoms with Crippen molar-refractivity contribution in [2.75, 3.05) is 13.2 Å². The SMILES string of the molecule is CCCCC(CC)COC(=O)/C=C(/Cl)C(=O)OCC(CC)CCCC. The van der Waals surface area contributed by atoms with Crippen LogP contribution in [-0.4, -0.2) is 25.2 Å². The molecule has 0 amide bonds. The van der Waals surface area contributed by atoms with Gasteiger partial charge in [-0.3, -0.25) is 0 Å². The molecule has 25 heavy (non-hydrogen) atoms. The molecule has 0 spiro atoms. The Hall–Kier alpha value is -1.03. The van der Waals surface area contributed by atoms with E-state index in [-0.39, 0.29) is 5.03 Å². The molecule has 0 aliphatic rings. The standard InChI is InChI=1S/C20H35ClO4/c1-5-9-11-16(7-3)14-24-19(22)13-18(21)20(23)25-15-17(8-4)12-10-6-2/h13,16-17H,5-12,14-15H2,1-4H3/b18-13+. The van der Waals surface area contributed by atoms with Crippen LogP contribution < -0.4 is 0 Å². The van der Waals surface area contributed by atoms with Crippen molar-refractivity contribution in [3.05, 3.63) is 11.1 Å². The fraction of sp³-hybridized carbons (Fsp3) is 0.800. The quantitative estimate of drug-likeness (QED) is 0.292. The highest BCUT2D eigenvalue weighted by molar-refractivity contribution is 6.42. The van der Waals surface area contributed by atoms with Gasteiger partial charge in [0, 0.05) is 6.08 Å². The van der Waals surface area contributed by atoms with Crippen LogP contribution in [0.1, 0.15) is 79.1 Å². The van der Waals surface area contributed by atoms with Crippen molar-refractivity contribution in [2.24, 2.45) is 11.8 Å². The summed E-state index contributed by atoms with van der Waals surface area (Å²) < 4.78 is 10.4. The fourth-order valence-corrected chi connectivity index (χ4v) is 2.61. The summed E-state index contributed by atoms with van der Waals surface area (Å²) in [5.74, 6) is -0.558. The van der Waals surface area contributed by atoms with Crippen molar-refractivity contribution in [2.45, 2.75) is 79.1 Å². The molecule has 0 heterocycles. The molecule has 0 rings (SSSR count). The van der Waals surface area contributed by atoms with Gasteiger partial charge in [0.2, 0.25) is 0 Å². The lowest BCUT2D eigenvalue weighted by Gasteiger charge is -2.14. The molecular weight excluding hydrogens is 340 g/mol. The number of carbonyl (C=O) groups excluding carboxylic acids is 2. The van der Waals surface area contributed by atoms with E-state index >= 15 is 0 Å². The van der Waals surface area contributed by atoms with Crippen molar-refractivity contribution in [3.63, 3.8) is 0 Å². The minimum Gasteiger partial charge on any atom is -0.462 e. The Bertz CT molecular complexity index is 407. The Kier molecular flexibility index (Phi) is 14.6. The summed E-state index contributed by atoms with van der Waals surface area (Å²) >= 11 is 5.88. The number of rotatable bonds is 14. The highest BCUT2D eigenvalue weighted by Gasteiger charge is 2.15. The second-order valence-corrected chi connectivity index (χ2v) is 6.96. The number of carbonyl (C=O) groups is 2. The van der Waals surface area contributed by atoms with Crippen molar-refractivity contribution in [3.8, 4) is 0 Å². The lowest BCUT2D eigenvalue weighted by Crippen LogP contribution is -2.16. The summed E-state index contributed by atoms with van der Waals surface area (Å²) in [5, 5.41) is -0.225. The summed E-state index contributed by atoms with van der Waals surface area (Å²) in [7, 11) is 0. The molecule has 0 aromatic carbocycles. The fourth-order valence-electron chi connectivity index (χ4n) is 2.46. The van der Waals surface area contributed by atoms with Crippen molar-refractivity contribution in [1.29, 1.82) is 0 Å². The molecule has 0 bridgehead atoms. The summed E-state index contributed by atoms with van der Waals surface area (Å²) in [5.41, 5.74) is 0. The molecule has 5 heteroatoms. The first kappa shape index (κ1) is 24.0. The Morgan fingerprint density at radius 1 is 0.880 bits per heavy atom. The molecule has 2 unspecified atom stereocenters. The maximum atomic E-state index is 11.9. The van der Waals surface area contributed by atoms with E-state index in [1.165, 1.54) is 0 Å². The van der Waals surface area contributed by atoms with Gasteiger partial charge in [0.25, 0.3) is 0 Å². The van der Waals surface area contributed by atoms with Gasteiger partial charge in [-0.15, -0.1) is 0 Å². The van der Waals surface area contributed by atoms with Crippen LogP contribution in [0, 0.1) is 11.8 Å². The molecule has 4 nitrogen and oxygen atoms in total. The molecule has 0 aliphatic carbocycles. The zero-order valence-electron chi connectivity index (χ0n) is 16.3. The lowest BCUT2D eigenvalue weighted by atomic mass is 10.0. The first-order valence-electron chi connectivity index (χ1n) is 9.69. The molecule has 0 aromatic rings. The maximum Gasteiger partial charge on any atom is 0.350 e. The Balaban J connectivity index is 4.29. The number of halogens is 1. The smallest absolute Gasteiger partial charge is 0.350 e. The van der Waals surface area contributed by atoms with Crippen molar-refractivity contribution >= 4 is 23.5 Å². The zero-order valence-corrected chi connectivity index (χ0v) is 17.1. The van der Waals surface area contributed by atoms with Crippen LogP contribution in [0.3, 0.4) is 0 Å². The van der Waals surface area contributed by atoms with E-state index in [1.54, 1.807) is 0 Å². The van der Waals surface area contributed by atoms with Gasteiger partial charge in [-0.05, 0) is 24.7 Å². The van der Waals surface area contributed by atoms with E-state index in [1.807, 2.05) is 0 Å². The number of hydrogen-bond acceptors (Lipinski definition) is 4. The highest BCUT2D eigenvalue weighted by atomic mass is 35.5. The van der Waals surface area contributed by atoms with Crippen LogP contribution in [0.5, 0.6) is 0 Å². The van der Waals surface area contributed by atoms with Gasteiger partial charge in [-0.1, -0.05) is 77.8 Å². The van der Waals surface area contributed by atoms with Crippen LogP contribution in [0.15, 0.2) is 11.1 Å². The normalized spacial score (nSPS) is 14.0. The molecule has 146 valence electrons. The van der Waals surface area contributed by atoms with Gasteiger partial charge in [-0.25, -0.2) is 9.59 Å². The van der Waals surface area contributed by atoms with E-state index in [9.17, 15) is 9.59 Å². The van der Waals surface area contributed by atoms with E-state index in [2.05, 4.69) is 27.7 Å². The molecule has 0 aliphatic heterocycles. The molecule has 0 aromatic heterocycles. The van der Waals surface area contributed by atoms with Gasteiger partial charge in [0.05, 0.1) is 13.2 Å². The third-order valence-corrected chi connectivity index (χ3v) is 4.70. The van der Waals surface area contributed by atoms with E-state index in [4.69, 9.17) is 21.1 Å². The van der Waals surface area contributed by atoms with Gasteiger partial charge < -0.3 is 9.47 Å². The van der Waals surface area contributed by atoms with Crippen molar-refractivity contribution in [1.82, 2.24) is 0 Å². The molecular formula is C20H35ClO4. The second-order valence-electron chi connectivity index (χ2n) is 6.55. The average molecular weight is 375 g/mol. The third-order valence-electron chi connectivity index (χ3n) is 4.44. The Morgan fingerprint density at radius 2 is 1.36 bits per heavy atom. The topological polar surface area (TPSA) is 52.6 Å². The monoisotopic (exact) mass is 374 g/mol. The summed E-state index contributed by atoms with van der Waals surface area (Å²) in [6, 6.07) is 0. The molecule has 0 radical (unpaired) electrons. The molecule has 0 saturated heterocycles. The van der Waals surface area contributed by atoms with Gasteiger partial charge >= 0.3 is 11.9 Å². The average Bonchev–Trinajstić information content (AvgIpc) is 2.61. The number of esters is 2. The Labute approximate surface area is 158 Å². The minimum atomic E-state index is -0.661. The highest BCUT2D eigenvalue weighted by Crippen LogP contribution is 2.15. The van der Waals surface area contributed by atoms with E-state index in [0.717, 1.165) is 57.4 Å².